The van der Waals surface area contributed by atoms with Crippen LogP contribution in [0.1, 0.15) is 23.3 Å². The molecule has 1 N–H and O–H groups in total. The molecule has 2 heterocycles. The number of rotatable bonds is 3. The summed E-state index contributed by atoms with van der Waals surface area (Å²) in [5.74, 6) is 0.587. The van der Waals surface area contributed by atoms with Crippen molar-refractivity contribution in [2.75, 3.05) is 26.7 Å². The van der Waals surface area contributed by atoms with Gasteiger partial charge < -0.3 is 10.2 Å². The second-order valence-corrected chi connectivity index (χ2v) is 4.72. The lowest BCUT2D eigenvalue weighted by Crippen LogP contribution is -2.42. The summed E-state index contributed by atoms with van der Waals surface area (Å²) in [6.07, 6.45) is 2.27. The number of nitrogens with one attached hydrogen (secondary N) is 1. The Labute approximate surface area is 99.0 Å². The van der Waals surface area contributed by atoms with Crippen LogP contribution in [0.2, 0.25) is 0 Å². The number of aromatic nitrogens is 2. The van der Waals surface area contributed by atoms with Crippen molar-refractivity contribution in [3.05, 3.63) is 11.1 Å². The van der Waals surface area contributed by atoms with Gasteiger partial charge in [0.2, 0.25) is 0 Å². The van der Waals surface area contributed by atoms with E-state index in [0.29, 0.717) is 11.6 Å². The van der Waals surface area contributed by atoms with Crippen LogP contribution in [0.25, 0.3) is 0 Å². The Morgan fingerprint density at radius 2 is 2.62 bits per heavy atom. The van der Waals surface area contributed by atoms with E-state index in [1.807, 2.05) is 11.9 Å². The molecule has 0 aliphatic carbocycles. The molecule has 1 amide bonds. The molecule has 1 aliphatic heterocycles. The Hall–Kier alpha value is -1.01. The third kappa shape index (κ3) is 2.56. The highest BCUT2D eigenvalue weighted by Crippen LogP contribution is 2.17. The molecule has 6 heteroatoms. The first kappa shape index (κ1) is 11.5. The van der Waals surface area contributed by atoms with Crippen molar-refractivity contribution in [1.82, 2.24) is 19.8 Å². The Bertz CT molecular complexity index is 339. The lowest BCUT2D eigenvalue weighted by Gasteiger charge is -2.32. The first-order chi connectivity index (χ1) is 7.81. The number of nitrogens with zero attached hydrogens (tertiary/aromatic N) is 3. The van der Waals surface area contributed by atoms with E-state index < -0.39 is 0 Å². The molecule has 1 unspecified atom stereocenters. The topological polar surface area (TPSA) is 58.1 Å². The van der Waals surface area contributed by atoms with E-state index in [4.69, 9.17) is 0 Å². The highest BCUT2D eigenvalue weighted by Gasteiger charge is 2.25. The van der Waals surface area contributed by atoms with Crippen molar-refractivity contribution in [3.63, 3.8) is 0 Å². The van der Waals surface area contributed by atoms with Gasteiger partial charge in [-0.15, -0.1) is 5.10 Å². The van der Waals surface area contributed by atoms with Crippen molar-refractivity contribution < 1.29 is 4.79 Å². The standard InChI is InChI=1S/C10H16N4OS/c1-11-5-8-3-2-4-14(6-8)10(15)9-7-16-13-12-9/h7-8,11H,2-6H2,1H3. The fourth-order valence-electron chi connectivity index (χ4n) is 2.12. The molecule has 0 radical (unpaired) electrons. The molecule has 0 spiro atoms. The second-order valence-electron chi connectivity index (χ2n) is 4.11. The third-order valence-corrected chi connectivity index (χ3v) is 3.38. The first-order valence-electron chi connectivity index (χ1n) is 5.52. The molecule has 1 saturated heterocycles. The Morgan fingerprint density at radius 1 is 1.75 bits per heavy atom. The van der Waals surface area contributed by atoms with E-state index in [0.717, 1.165) is 26.1 Å². The summed E-state index contributed by atoms with van der Waals surface area (Å²) in [6.45, 7) is 2.65. The van der Waals surface area contributed by atoms with E-state index in [-0.39, 0.29) is 5.91 Å². The number of carbonyl (C=O) groups excluding carboxylic acids is 1. The van der Waals surface area contributed by atoms with Gasteiger partial charge in [0.25, 0.3) is 5.91 Å². The SMILES string of the molecule is CNCC1CCCN(C(=O)c2csnn2)C1. The van der Waals surface area contributed by atoms with Crippen molar-refractivity contribution in [2.45, 2.75) is 12.8 Å². The normalized spacial score (nSPS) is 21.1. The van der Waals surface area contributed by atoms with Crippen LogP contribution in [-0.4, -0.2) is 47.1 Å². The number of piperidine rings is 1. The maximum absolute atomic E-state index is 12.0. The first-order valence-corrected chi connectivity index (χ1v) is 6.36. The average molecular weight is 240 g/mol. The minimum Gasteiger partial charge on any atom is -0.337 e. The molecule has 5 nitrogen and oxygen atoms in total. The van der Waals surface area contributed by atoms with Gasteiger partial charge in [-0.3, -0.25) is 4.79 Å². The summed E-state index contributed by atoms with van der Waals surface area (Å²) in [5.41, 5.74) is 0.482. The summed E-state index contributed by atoms with van der Waals surface area (Å²) in [6, 6.07) is 0. The van der Waals surface area contributed by atoms with Gasteiger partial charge in [0.05, 0.1) is 0 Å². The predicted molar refractivity (Wildman–Crippen MR) is 62.5 cm³/mol. The van der Waals surface area contributed by atoms with Gasteiger partial charge in [-0.2, -0.15) is 0 Å². The Morgan fingerprint density at radius 3 is 3.31 bits per heavy atom. The average Bonchev–Trinajstić information content (AvgIpc) is 2.82. The lowest BCUT2D eigenvalue weighted by molar-refractivity contribution is 0.0668. The highest BCUT2D eigenvalue weighted by molar-refractivity contribution is 7.03. The minimum absolute atomic E-state index is 0.0227. The van der Waals surface area contributed by atoms with Crippen molar-refractivity contribution in [1.29, 1.82) is 0 Å². The summed E-state index contributed by atoms with van der Waals surface area (Å²) < 4.78 is 3.73. The molecule has 1 fully saturated rings. The number of likely N-dealkylation sites (tertiary alicyclic amines) is 1. The molecule has 1 atom stereocenters. The zero-order valence-electron chi connectivity index (χ0n) is 9.35. The van der Waals surface area contributed by atoms with Crippen LogP contribution in [-0.2, 0) is 0 Å². The molecule has 1 aliphatic rings. The number of hydrogen-bond donors (Lipinski definition) is 1. The molecule has 1 aromatic rings. The van der Waals surface area contributed by atoms with Crippen molar-refractivity contribution in [2.24, 2.45) is 5.92 Å². The van der Waals surface area contributed by atoms with E-state index >= 15 is 0 Å². The van der Waals surface area contributed by atoms with E-state index in [1.54, 1.807) is 5.38 Å². The maximum Gasteiger partial charge on any atom is 0.275 e. The zero-order chi connectivity index (χ0) is 11.4. The van der Waals surface area contributed by atoms with Crippen LogP contribution in [0.5, 0.6) is 0 Å². The zero-order valence-corrected chi connectivity index (χ0v) is 10.2. The second kappa shape index (κ2) is 5.36. The molecule has 0 bridgehead atoms. The molecule has 2 rings (SSSR count). The van der Waals surface area contributed by atoms with Gasteiger partial charge in [-0.25, -0.2) is 0 Å². The van der Waals surface area contributed by atoms with E-state index in [9.17, 15) is 4.79 Å². The van der Waals surface area contributed by atoms with Gasteiger partial charge in [0.1, 0.15) is 0 Å². The maximum atomic E-state index is 12.0. The summed E-state index contributed by atoms with van der Waals surface area (Å²) in [5, 5.41) is 8.70. The molecule has 0 saturated carbocycles. The van der Waals surface area contributed by atoms with Crippen LogP contribution >= 0.6 is 11.5 Å². The molecule has 88 valence electrons. The smallest absolute Gasteiger partial charge is 0.275 e. The monoisotopic (exact) mass is 240 g/mol. The van der Waals surface area contributed by atoms with Gasteiger partial charge in [-0.05, 0) is 43.9 Å². The van der Waals surface area contributed by atoms with Gasteiger partial charge in [0, 0.05) is 18.5 Å². The quantitative estimate of drug-likeness (QED) is 0.841. The molecular weight excluding hydrogens is 224 g/mol. The van der Waals surface area contributed by atoms with E-state index in [2.05, 4.69) is 14.9 Å². The van der Waals surface area contributed by atoms with Crippen LogP contribution in [0.3, 0.4) is 0 Å². The Balaban J connectivity index is 1.96. The Kier molecular flexibility index (Phi) is 3.84. The summed E-state index contributed by atoms with van der Waals surface area (Å²) in [4.78, 5) is 13.9. The van der Waals surface area contributed by atoms with Gasteiger partial charge in [-0.1, -0.05) is 4.49 Å². The lowest BCUT2D eigenvalue weighted by atomic mass is 9.98. The number of hydrogen-bond acceptors (Lipinski definition) is 5. The van der Waals surface area contributed by atoms with Crippen LogP contribution < -0.4 is 5.32 Å². The van der Waals surface area contributed by atoms with Crippen LogP contribution in [0.4, 0.5) is 0 Å². The minimum atomic E-state index is 0.0227. The largest absolute Gasteiger partial charge is 0.337 e. The fourth-order valence-corrected chi connectivity index (χ4v) is 2.55. The van der Waals surface area contributed by atoms with E-state index in [1.165, 1.54) is 18.0 Å². The van der Waals surface area contributed by atoms with Crippen LogP contribution in [0, 0.1) is 5.92 Å². The third-order valence-electron chi connectivity index (χ3n) is 2.88. The molecule has 16 heavy (non-hydrogen) atoms. The fraction of sp³-hybridized carbons (Fsp3) is 0.700. The van der Waals surface area contributed by atoms with Gasteiger partial charge >= 0.3 is 0 Å². The predicted octanol–water partition coefficient (Wildman–Crippen LogP) is 0.610. The molecule has 1 aromatic heterocycles. The number of amides is 1. The molecule has 0 aromatic carbocycles. The van der Waals surface area contributed by atoms with Crippen LogP contribution in [0.15, 0.2) is 5.38 Å². The summed E-state index contributed by atoms with van der Waals surface area (Å²) in [7, 11) is 1.95. The van der Waals surface area contributed by atoms with Gasteiger partial charge in [0.15, 0.2) is 5.69 Å². The number of carbonyl (C=O) groups is 1. The summed E-state index contributed by atoms with van der Waals surface area (Å²) >= 11 is 1.22. The van der Waals surface area contributed by atoms with Crippen molar-refractivity contribution in [3.8, 4) is 0 Å². The highest BCUT2D eigenvalue weighted by atomic mass is 32.1. The van der Waals surface area contributed by atoms with Crippen molar-refractivity contribution >= 4 is 17.4 Å². The molecular formula is C10H16N4OS.